The summed E-state index contributed by atoms with van der Waals surface area (Å²) in [4.78, 5) is 13.2. The number of anilines is 1. The lowest BCUT2D eigenvalue weighted by molar-refractivity contribution is -0.130. The van der Waals surface area contributed by atoms with Crippen molar-refractivity contribution < 1.29 is 4.79 Å². The minimum Gasteiger partial charge on any atom is -0.388 e. The van der Waals surface area contributed by atoms with Crippen LogP contribution in [-0.4, -0.2) is 24.9 Å². The molecule has 3 heteroatoms. The smallest absolute Gasteiger partial charge is 0.227 e. The molecule has 0 saturated carbocycles. The topological polar surface area (TPSA) is 32.3 Å². The van der Waals surface area contributed by atoms with E-state index in [1.54, 1.807) is 4.90 Å². The van der Waals surface area contributed by atoms with Crippen LogP contribution in [0.3, 0.4) is 0 Å². The molecule has 74 valence electrons. The number of fused-ring (bicyclic) bond motifs is 1. The third-order valence-corrected chi connectivity index (χ3v) is 2.67. The first kappa shape index (κ1) is 9.06. The Balaban J connectivity index is 2.37. The summed E-state index contributed by atoms with van der Waals surface area (Å²) >= 11 is 0. The van der Waals surface area contributed by atoms with E-state index in [2.05, 4.69) is 11.4 Å². The van der Waals surface area contributed by atoms with Crippen LogP contribution >= 0.6 is 0 Å². The monoisotopic (exact) mass is 190 g/mol. The van der Waals surface area contributed by atoms with Crippen molar-refractivity contribution in [3.05, 3.63) is 29.3 Å². The summed E-state index contributed by atoms with van der Waals surface area (Å²) in [5.41, 5.74) is 3.51. The lowest BCUT2D eigenvalue weighted by atomic mass is 9.99. The highest BCUT2D eigenvalue weighted by molar-refractivity contribution is 5.81. The van der Waals surface area contributed by atoms with Crippen molar-refractivity contribution in [3.8, 4) is 0 Å². The molecule has 1 aromatic carbocycles. The molecule has 0 bridgehead atoms. The molecule has 0 fully saturated rings. The number of rotatable bonds is 1. The molecule has 3 nitrogen and oxygen atoms in total. The van der Waals surface area contributed by atoms with Crippen LogP contribution in [0.4, 0.5) is 5.69 Å². The van der Waals surface area contributed by atoms with E-state index in [4.69, 9.17) is 0 Å². The van der Waals surface area contributed by atoms with Gasteiger partial charge < -0.3 is 10.2 Å². The maximum Gasteiger partial charge on any atom is 0.227 e. The molecule has 0 spiro atoms. The molecule has 0 saturated heterocycles. The van der Waals surface area contributed by atoms with Crippen LogP contribution in [0.5, 0.6) is 0 Å². The van der Waals surface area contributed by atoms with Crippen LogP contribution in [0.1, 0.15) is 11.1 Å². The van der Waals surface area contributed by atoms with Gasteiger partial charge in [0.15, 0.2) is 0 Å². The highest BCUT2D eigenvalue weighted by Crippen LogP contribution is 2.22. The lowest BCUT2D eigenvalue weighted by Gasteiger charge is -2.25. The highest BCUT2D eigenvalue weighted by Gasteiger charge is 2.19. The number of nitrogens with zero attached hydrogens (tertiary/aromatic N) is 1. The summed E-state index contributed by atoms with van der Waals surface area (Å²) in [6.07, 6.45) is 0.538. The van der Waals surface area contributed by atoms with Gasteiger partial charge in [0.2, 0.25) is 5.91 Å². The molecule has 0 atom stereocenters. The summed E-state index contributed by atoms with van der Waals surface area (Å²) in [7, 11) is 3.75. The largest absolute Gasteiger partial charge is 0.388 e. The van der Waals surface area contributed by atoms with Crippen LogP contribution in [0.2, 0.25) is 0 Å². The Morgan fingerprint density at radius 2 is 2.14 bits per heavy atom. The van der Waals surface area contributed by atoms with Crippen molar-refractivity contribution in [3.63, 3.8) is 0 Å². The van der Waals surface area contributed by atoms with Gasteiger partial charge in [-0.15, -0.1) is 0 Å². The van der Waals surface area contributed by atoms with Gasteiger partial charge in [-0.3, -0.25) is 4.79 Å². The molecule has 1 heterocycles. The molecule has 1 aromatic rings. The fraction of sp³-hybridized carbons (Fsp3) is 0.364. The van der Waals surface area contributed by atoms with Crippen LogP contribution in [0, 0.1) is 0 Å². The second kappa shape index (κ2) is 3.33. The molecular weight excluding hydrogens is 176 g/mol. The molecule has 0 unspecified atom stereocenters. The van der Waals surface area contributed by atoms with Gasteiger partial charge in [0.1, 0.15) is 0 Å². The molecule has 0 aromatic heterocycles. The number of hydrogen-bond acceptors (Lipinski definition) is 2. The van der Waals surface area contributed by atoms with Gasteiger partial charge >= 0.3 is 0 Å². The van der Waals surface area contributed by atoms with E-state index < -0.39 is 0 Å². The lowest BCUT2D eigenvalue weighted by Crippen LogP contribution is -2.32. The van der Waals surface area contributed by atoms with Crippen molar-refractivity contribution in [1.29, 1.82) is 0 Å². The second-order valence-corrected chi connectivity index (χ2v) is 3.66. The van der Waals surface area contributed by atoms with Crippen molar-refractivity contribution in [2.24, 2.45) is 0 Å². The molecule has 1 aliphatic heterocycles. The molecule has 1 aliphatic rings. The Morgan fingerprint density at radius 3 is 2.86 bits per heavy atom. The van der Waals surface area contributed by atoms with E-state index in [-0.39, 0.29) is 5.91 Å². The number of carbonyl (C=O) groups excluding carboxylic acids is 1. The Labute approximate surface area is 83.7 Å². The van der Waals surface area contributed by atoms with E-state index in [9.17, 15) is 4.79 Å². The number of carbonyl (C=O) groups is 1. The summed E-state index contributed by atoms with van der Waals surface area (Å²) in [6, 6.07) is 6.15. The SMILES string of the molecule is CNc1ccc2c(c1)CN(C)C(=O)C2. The van der Waals surface area contributed by atoms with Crippen LogP contribution in [0.15, 0.2) is 18.2 Å². The van der Waals surface area contributed by atoms with E-state index in [1.165, 1.54) is 5.56 Å². The Morgan fingerprint density at radius 1 is 1.36 bits per heavy atom. The zero-order chi connectivity index (χ0) is 10.1. The third-order valence-electron chi connectivity index (χ3n) is 2.67. The average molecular weight is 190 g/mol. The molecule has 0 radical (unpaired) electrons. The average Bonchev–Trinajstić information content (AvgIpc) is 2.19. The number of benzene rings is 1. The fourth-order valence-electron chi connectivity index (χ4n) is 1.74. The van der Waals surface area contributed by atoms with E-state index in [1.807, 2.05) is 26.2 Å². The van der Waals surface area contributed by atoms with Crippen LogP contribution in [0.25, 0.3) is 0 Å². The maximum atomic E-state index is 11.4. The van der Waals surface area contributed by atoms with Crippen molar-refractivity contribution >= 4 is 11.6 Å². The van der Waals surface area contributed by atoms with Crippen molar-refractivity contribution in [1.82, 2.24) is 4.90 Å². The van der Waals surface area contributed by atoms with Gasteiger partial charge in [-0.25, -0.2) is 0 Å². The molecule has 2 rings (SSSR count). The zero-order valence-corrected chi connectivity index (χ0v) is 8.50. The first-order valence-electron chi connectivity index (χ1n) is 4.74. The molecule has 14 heavy (non-hydrogen) atoms. The predicted molar refractivity (Wildman–Crippen MR) is 56.2 cm³/mol. The minimum atomic E-state index is 0.203. The third kappa shape index (κ3) is 1.45. The summed E-state index contributed by atoms with van der Waals surface area (Å²) in [6.45, 7) is 0.726. The van der Waals surface area contributed by atoms with E-state index >= 15 is 0 Å². The zero-order valence-electron chi connectivity index (χ0n) is 8.50. The number of hydrogen-bond donors (Lipinski definition) is 1. The quantitative estimate of drug-likeness (QED) is 0.722. The Hall–Kier alpha value is -1.51. The van der Waals surface area contributed by atoms with Gasteiger partial charge in [0, 0.05) is 26.3 Å². The summed E-state index contributed by atoms with van der Waals surface area (Å²) < 4.78 is 0. The molecular formula is C11H14N2O. The van der Waals surface area contributed by atoms with Crippen LogP contribution < -0.4 is 5.32 Å². The first-order chi connectivity index (χ1) is 6.70. The predicted octanol–water partition coefficient (Wildman–Crippen LogP) is 1.24. The summed E-state index contributed by atoms with van der Waals surface area (Å²) in [5, 5.41) is 3.10. The number of nitrogens with one attached hydrogen (secondary N) is 1. The highest BCUT2D eigenvalue weighted by atomic mass is 16.2. The minimum absolute atomic E-state index is 0.203. The van der Waals surface area contributed by atoms with Gasteiger partial charge in [0.25, 0.3) is 0 Å². The van der Waals surface area contributed by atoms with Crippen LogP contribution in [-0.2, 0) is 17.8 Å². The fourth-order valence-corrected chi connectivity index (χ4v) is 1.74. The Kier molecular flexibility index (Phi) is 2.15. The van der Waals surface area contributed by atoms with Gasteiger partial charge in [-0.2, -0.15) is 0 Å². The van der Waals surface area contributed by atoms with Gasteiger partial charge in [-0.1, -0.05) is 6.07 Å². The maximum absolute atomic E-state index is 11.4. The number of amides is 1. The number of likely N-dealkylation sites (N-methyl/N-ethyl adjacent to an activating group) is 1. The molecule has 1 amide bonds. The van der Waals surface area contributed by atoms with E-state index in [0.29, 0.717) is 6.42 Å². The summed E-state index contributed by atoms with van der Waals surface area (Å²) in [5.74, 6) is 0.203. The normalized spacial score (nSPS) is 15.3. The Bertz CT molecular complexity index is 374. The second-order valence-electron chi connectivity index (χ2n) is 3.66. The van der Waals surface area contributed by atoms with E-state index in [0.717, 1.165) is 17.8 Å². The van der Waals surface area contributed by atoms with Crippen molar-refractivity contribution in [2.45, 2.75) is 13.0 Å². The molecule has 0 aliphatic carbocycles. The molecule has 1 N–H and O–H groups in total. The van der Waals surface area contributed by atoms with Crippen molar-refractivity contribution in [2.75, 3.05) is 19.4 Å². The van der Waals surface area contributed by atoms with Gasteiger partial charge in [0.05, 0.1) is 6.42 Å². The van der Waals surface area contributed by atoms with Gasteiger partial charge in [-0.05, 0) is 23.3 Å². The standard InChI is InChI=1S/C11H14N2O/c1-12-10-4-3-8-6-11(14)13(2)7-9(8)5-10/h3-5,12H,6-7H2,1-2H3. The first-order valence-corrected chi connectivity index (χ1v) is 4.74.